The Morgan fingerprint density at radius 2 is 2.26 bits per heavy atom. The lowest BCUT2D eigenvalue weighted by atomic mass is 9.92. The second-order valence-corrected chi connectivity index (χ2v) is 5.03. The zero-order valence-electron chi connectivity index (χ0n) is 11.8. The van der Waals surface area contributed by atoms with E-state index in [0.29, 0.717) is 30.3 Å². The van der Waals surface area contributed by atoms with Gasteiger partial charge in [0.2, 0.25) is 0 Å². The number of aromatic nitrogens is 2. The van der Waals surface area contributed by atoms with Crippen molar-refractivity contribution in [3.05, 3.63) is 11.9 Å². The third kappa shape index (κ3) is 3.35. The molecule has 0 atom stereocenters. The number of Topliss-reactive ketones (excluding diaryl/α,β-unsaturated/α-hetero) is 1. The third-order valence-electron chi connectivity index (χ3n) is 3.83. The van der Waals surface area contributed by atoms with Crippen molar-refractivity contribution in [2.24, 2.45) is 5.92 Å². The van der Waals surface area contributed by atoms with E-state index in [-0.39, 0.29) is 5.78 Å². The van der Waals surface area contributed by atoms with Crippen LogP contribution in [0.15, 0.2) is 6.20 Å². The van der Waals surface area contributed by atoms with Crippen molar-refractivity contribution >= 4 is 5.78 Å². The maximum absolute atomic E-state index is 12.4. The molecule has 0 bridgehead atoms. The van der Waals surface area contributed by atoms with E-state index >= 15 is 0 Å². The van der Waals surface area contributed by atoms with Crippen LogP contribution >= 0.6 is 0 Å². The molecular formula is C14H23N3O2. The zero-order chi connectivity index (χ0) is 13.7. The minimum atomic E-state index is 0.148. The van der Waals surface area contributed by atoms with Crippen LogP contribution in [0.4, 0.5) is 0 Å². The van der Waals surface area contributed by atoms with Crippen LogP contribution in [0.5, 0.6) is 5.75 Å². The monoisotopic (exact) mass is 265 g/mol. The lowest BCUT2D eigenvalue weighted by molar-refractivity contribution is 0.0957. The lowest BCUT2D eigenvalue weighted by Crippen LogP contribution is -2.28. The minimum absolute atomic E-state index is 0.148. The van der Waals surface area contributed by atoms with E-state index in [1.807, 2.05) is 6.92 Å². The van der Waals surface area contributed by atoms with Crippen LogP contribution in [0.25, 0.3) is 0 Å². The summed E-state index contributed by atoms with van der Waals surface area (Å²) in [4.78, 5) is 12.4. The summed E-state index contributed by atoms with van der Waals surface area (Å²) < 4.78 is 6.95. The number of aryl methyl sites for hydroxylation is 1. The SMILES string of the molecule is CCn1ncc(OC)c1C(=O)CCC1CCNCC1. The number of methoxy groups -OCH3 is 1. The highest BCUT2D eigenvalue weighted by Gasteiger charge is 2.20. The number of carbonyl (C=O) groups excluding carboxylic acids is 1. The first-order chi connectivity index (χ1) is 9.26. The Labute approximate surface area is 114 Å². The fourth-order valence-electron chi connectivity index (χ4n) is 2.66. The Bertz CT molecular complexity index is 401. The lowest BCUT2D eigenvalue weighted by Gasteiger charge is -2.22. The van der Waals surface area contributed by atoms with Gasteiger partial charge in [-0.2, -0.15) is 5.10 Å². The molecule has 1 aromatic heterocycles. The first-order valence-electron chi connectivity index (χ1n) is 7.10. The molecule has 0 amide bonds. The van der Waals surface area contributed by atoms with Gasteiger partial charge in [-0.05, 0) is 45.2 Å². The summed E-state index contributed by atoms with van der Waals surface area (Å²) in [6.07, 6.45) is 5.54. The molecule has 5 nitrogen and oxygen atoms in total. The zero-order valence-corrected chi connectivity index (χ0v) is 11.8. The van der Waals surface area contributed by atoms with Gasteiger partial charge in [-0.25, -0.2) is 0 Å². The van der Waals surface area contributed by atoms with Crippen LogP contribution in [0.1, 0.15) is 43.1 Å². The summed E-state index contributed by atoms with van der Waals surface area (Å²) in [5, 5.41) is 7.53. The number of ether oxygens (including phenoxy) is 1. The first kappa shape index (κ1) is 14.1. The van der Waals surface area contributed by atoms with Crippen LogP contribution in [-0.4, -0.2) is 35.8 Å². The van der Waals surface area contributed by atoms with E-state index in [9.17, 15) is 4.79 Å². The summed E-state index contributed by atoms with van der Waals surface area (Å²) in [5.74, 6) is 1.42. The molecule has 2 heterocycles. The van der Waals surface area contributed by atoms with Gasteiger partial charge < -0.3 is 10.1 Å². The van der Waals surface area contributed by atoms with Gasteiger partial charge in [0.1, 0.15) is 5.69 Å². The number of piperidine rings is 1. The normalized spacial score (nSPS) is 16.5. The number of nitrogens with one attached hydrogen (secondary N) is 1. The number of ketones is 1. The van der Waals surface area contributed by atoms with E-state index in [2.05, 4.69) is 10.4 Å². The van der Waals surface area contributed by atoms with Gasteiger partial charge in [-0.15, -0.1) is 0 Å². The molecule has 1 saturated heterocycles. The van der Waals surface area contributed by atoms with Crippen molar-refractivity contribution in [2.45, 2.75) is 39.2 Å². The van der Waals surface area contributed by atoms with Gasteiger partial charge in [0.15, 0.2) is 11.5 Å². The van der Waals surface area contributed by atoms with Gasteiger partial charge in [0, 0.05) is 13.0 Å². The highest BCUT2D eigenvalue weighted by molar-refractivity contribution is 5.97. The van der Waals surface area contributed by atoms with Crippen molar-refractivity contribution in [1.82, 2.24) is 15.1 Å². The molecular weight excluding hydrogens is 242 g/mol. The van der Waals surface area contributed by atoms with Crippen LogP contribution in [0.3, 0.4) is 0 Å². The molecule has 1 aromatic rings. The fourth-order valence-corrected chi connectivity index (χ4v) is 2.66. The molecule has 0 aromatic carbocycles. The summed E-state index contributed by atoms with van der Waals surface area (Å²) >= 11 is 0. The molecule has 19 heavy (non-hydrogen) atoms. The highest BCUT2D eigenvalue weighted by Crippen LogP contribution is 2.23. The van der Waals surface area contributed by atoms with Crippen LogP contribution in [-0.2, 0) is 6.54 Å². The third-order valence-corrected chi connectivity index (χ3v) is 3.83. The standard InChI is InChI=1S/C14H23N3O2/c1-3-17-14(13(19-2)10-16-17)12(18)5-4-11-6-8-15-9-7-11/h10-11,15H,3-9H2,1-2H3. The van der Waals surface area contributed by atoms with Gasteiger partial charge >= 0.3 is 0 Å². The van der Waals surface area contributed by atoms with Crippen molar-refractivity contribution < 1.29 is 9.53 Å². The molecule has 0 unspecified atom stereocenters. The van der Waals surface area contributed by atoms with E-state index in [4.69, 9.17) is 4.74 Å². The number of carbonyl (C=O) groups is 1. The second-order valence-electron chi connectivity index (χ2n) is 5.03. The Morgan fingerprint density at radius 3 is 2.89 bits per heavy atom. The molecule has 1 fully saturated rings. The molecule has 0 radical (unpaired) electrons. The fraction of sp³-hybridized carbons (Fsp3) is 0.714. The molecule has 1 aliphatic rings. The molecule has 106 valence electrons. The quantitative estimate of drug-likeness (QED) is 0.798. The average Bonchev–Trinajstić information content (AvgIpc) is 2.89. The minimum Gasteiger partial charge on any atom is -0.493 e. The van der Waals surface area contributed by atoms with E-state index in [0.717, 1.165) is 19.5 Å². The summed E-state index contributed by atoms with van der Waals surface area (Å²) in [6, 6.07) is 0. The van der Waals surface area contributed by atoms with Crippen molar-refractivity contribution in [3.63, 3.8) is 0 Å². The summed E-state index contributed by atoms with van der Waals surface area (Å²) in [6.45, 7) is 4.83. The van der Waals surface area contributed by atoms with E-state index in [1.165, 1.54) is 12.8 Å². The van der Waals surface area contributed by atoms with Crippen molar-refractivity contribution in [3.8, 4) is 5.75 Å². The molecule has 1 aliphatic heterocycles. The van der Waals surface area contributed by atoms with Crippen molar-refractivity contribution in [2.75, 3.05) is 20.2 Å². The first-order valence-corrected chi connectivity index (χ1v) is 7.10. The molecule has 2 rings (SSSR count). The molecule has 1 N–H and O–H groups in total. The largest absolute Gasteiger partial charge is 0.493 e. The predicted molar refractivity (Wildman–Crippen MR) is 73.6 cm³/mol. The van der Waals surface area contributed by atoms with Gasteiger partial charge in [-0.3, -0.25) is 9.48 Å². The smallest absolute Gasteiger partial charge is 0.184 e. The topological polar surface area (TPSA) is 56.2 Å². The molecule has 0 aliphatic carbocycles. The maximum Gasteiger partial charge on any atom is 0.184 e. The summed E-state index contributed by atoms with van der Waals surface area (Å²) in [7, 11) is 1.58. The van der Waals surface area contributed by atoms with Crippen LogP contribution in [0.2, 0.25) is 0 Å². The maximum atomic E-state index is 12.4. The number of nitrogens with zero attached hydrogens (tertiary/aromatic N) is 2. The number of rotatable bonds is 6. The van der Waals surface area contributed by atoms with E-state index in [1.54, 1.807) is 18.0 Å². The molecule has 0 saturated carbocycles. The Hall–Kier alpha value is -1.36. The Kier molecular flexibility index (Phi) is 4.96. The number of hydrogen-bond acceptors (Lipinski definition) is 4. The van der Waals surface area contributed by atoms with E-state index < -0.39 is 0 Å². The highest BCUT2D eigenvalue weighted by atomic mass is 16.5. The van der Waals surface area contributed by atoms with Gasteiger partial charge in [0.05, 0.1) is 13.3 Å². The van der Waals surface area contributed by atoms with Gasteiger partial charge in [0.25, 0.3) is 0 Å². The Morgan fingerprint density at radius 1 is 1.53 bits per heavy atom. The average molecular weight is 265 g/mol. The Balaban J connectivity index is 1.96. The second kappa shape index (κ2) is 6.70. The predicted octanol–water partition coefficient (Wildman–Crippen LogP) is 1.87. The van der Waals surface area contributed by atoms with Crippen LogP contribution in [0, 0.1) is 5.92 Å². The summed E-state index contributed by atoms with van der Waals surface area (Å²) in [5.41, 5.74) is 0.624. The number of hydrogen-bond donors (Lipinski definition) is 1. The van der Waals surface area contributed by atoms with Gasteiger partial charge in [-0.1, -0.05) is 0 Å². The molecule has 5 heteroatoms. The van der Waals surface area contributed by atoms with Crippen molar-refractivity contribution in [1.29, 1.82) is 0 Å². The molecule has 0 spiro atoms. The van der Waals surface area contributed by atoms with Crippen LogP contribution < -0.4 is 10.1 Å².